The zero-order valence-electron chi connectivity index (χ0n) is 5.26. The molecule has 1 atom stereocenters. The molecule has 0 fully saturated rings. The highest BCUT2D eigenvalue weighted by Crippen LogP contribution is 2.18. The second kappa shape index (κ2) is 2.31. The largest absolute Gasteiger partial charge is 0.389 e. The second-order valence-corrected chi connectivity index (χ2v) is 2.20. The first-order valence-electron chi connectivity index (χ1n) is 2.92. The van der Waals surface area contributed by atoms with Crippen molar-refractivity contribution in [3.05, 3.63) is 23.6 Å². The van der Waals surface area contributed by atoms with Gasteiger partial charge < -0.3 is 5.11 Å². The average Bonchev–Trinajstić information content (AvgIpc) is 1.80. The first-order chi connectivity index (χ1) is 4.20. The van der Waals surface area contributed by atoms with Crippen molar-refractivity contribution in [2.45, 2.75) is 19.4 Å². The summed E-state index contributed by atoms with van der Waals surface area (Å²) in [6.07, 6.45) is 2.85. The molecule has 1 rings (SSSR count). The Hall–Kier alpha value is -0.630. The molecule has 0 saturated heterocycles. The Bertz CT molecular complexity index is 170. The lowest BCUT2D eigenvalue weighted by Gasteiger charge is -2.09. The maximum atomic E-state index is 12.4. The van der Waals surface area contributed by atoms with Gasteiger partial charge in [-0.2, -0.15) is 0 Å². The molecule has 1 aliphatic carbocycles. The van der Waals surface area contributed by atoms with Crippen LogP contribution in [-0.2, 0) is 0 Å². The Labute approximate surface area is 53.5 Å². The van der Waals surface area contributed by atoms with E-state index in [-0.39, 0.29) is 5.83 Å². The molecule has 0 bridgehead atoms. The van der Waals surface area contributed by atoms with Crippen LogP contribution < -0.4 is 0 Å². The minimum Gasteiger partial charge on any atom is -0.389 e. The predicted molar refractivity (Wildman–Crippen MR) is 33.6 cm³/mol. The highest BCUT2D eigenvalue weighted by molar-refractivity contribution is 5.27. The highest BCUT2D eigenvalue weighted by Gasteiger charge is 2.08. The van der Waals surface area contributed by atoms with E-state index in [2.05, 4.69) is 0 Å². The number of aliphatic hydroxyl groups is 1. The van der Waals surface area contributed by atoms with Gasteiger partial charge in [0.05, 0.1) is 6.10 Å². The normalized spacial score (nSPS) is 27.2. The van der Waals surface area contributed by atoms with E-state index in [1.165, 1.54) is 12.2 Å². The summed E-state index contributed by atoms with van der Waals surface area (Å²) in [4.78, 5) is 0. The summed E-state index contributed by atoms with van der Waals surface area (Å²) >= 11 is 0. The fourth-order valence-corrected chi connectivity index (χ4v) is 0.821. The Balaban J connectivity index is 2.75. The Morgan fingerprint density at radius 1 is 1.78 bits per heavy atom. The van der Waals surface area contributed by atoms with Gasteiger partial charge in [0.2, 0.25) is 0 Å². The van der Waals surface area contributed by atoms with Gasteiger partial charge in [-0.1, -0.05) is 6.08 Å². The molecule has 1 unspecified atom stereocenters. The van der Waals surface area contributed by atoms with Crippen LogP contribution in [0.5, 0.6) is 0 Å². The summed E-state index contributed by atoms with van der Waals surface area (Å²) < 4.78 is 12.4. The molecule has 0 aromatic carbocycles. The molecule has 0 heterocycles. The number of halogens is 1. The third-order valence-corrected chi connectivity index (χ3v) is 1.36. The van der Waals surface area contributed by atoms with Crippen LogP contribution in [0.4, 0.5) is 4.39 Å². The molecule has 0 aromatic rings. The molecule has 0 aliphatic heterocycles. The fourth-order valence-electron chi connectivity index (χ4n) is 0.821. The van der Waals surface area contributed by atoms with Crippen molar-refractivity contribution >= 4 is 0 Å². The highest BCUT2D eigenvalue weighted by atomic mass is 19.1. The average molecular weight is 128 g/mol. The zero-order valence-corrected chi connectivity index (χ0v) is 5.26. The summed E-state index contributed by atoms with van der Waals surface area (Å²) in [5, 5.41) is 8.91. The van der Waals surface area contributed by atoms with E-state index in [4.69, 9.17) is 5.11 Å². The van der Waals surface area contributed by atoms with Crippen LogP contribution in [0.2, 0.25) is 0 Å². The van der Waals surface area contributed by atoms with E-state index in [1.807, 2.05) is 0 Å². The predicted octanol–water partition coefficient (Wildman–Crippen LogP) is 1.55. The smallest absolute Gasteiger partial charge is 0.122 e. The molecule has 50 valence electrons. The van der Waals surface area contributed by atoms with Crippen LogP contribution in [0.25, 0.3) is 0 Å². The van der Waals surface area contributed by atoms with E-state index in [0.717, 1.165) is 0 Å². The molecule has 1 aliphatic rings. The molecule has 2 heteroatoms. The van der Waals surface area contributed by atoms with Crippen molar-refractivity contribution in [2.24, 2.45) is 0 Å². The van der Waals surface area contributed by atoms with Crippen molar-refractivity contribution < 1.29 is 9.50 Å². The van der Waals surface area contributed by atoms with E-state index < -0.39 is 6.10 Å². The third kappa shape index (κ3) is 1.39. The number of aliphatic hydroxyl groups excluding tert-OH is 1. The topological polar surface area (TPSA) is 20.2 Å². The molecule has 0 amide bonds. The standard InChI is InChI=1S/C7H9FO/c1-5-4-6(9)2-3-7(5)8/h3-4,6,9H,2H2,1H3. The van der Waals surface area contributed by atoms with E-state index >= 15 is 0 Å². The Morgan fingerprint density at radius 3 is 2.89 bits per heavy atom. The molecule has 9 heavy (non-hydrogen) atoms. The van der Waals surface area contributed by atoms with Crippen LogP contribution >= 0.6 is 0 Å². The van der Waals surface area contributed by atoms with Crippen molar-refractivity contribution in [1.82, 2.24) is 0 Å². The number of allylic oxidation sites excluding steroid dienone is 2. The van der Waals surface area contributed by atoms with Gasteiger partial charge in [-0.3, -0.25) is 0 Å². The summed E-state index contributed by atoms with van der Waals surface area (Å²) in [6.45, 7) is 1.65. The monoisotopic (exact) mass is 128 g/mol. The summed E-state index contributed by atoms with van der Waals surface area (Å²) in [6, 6.07) is 0. The number of hydrogen-bond donors (Lipinski definition) is 1. The van der Waals surface area contributed by atoms with E-state index in [1.54, 1.807) is 6.92 Å². The van der Waals surface area contributed by atoms with Gasteiger partial charge in [0, 0.05) is 0 Å². The fraction of sp³-hybridized carbons (Fsp3) is 0.429. The van der Waals surface area contributed by atoms with E-state index in [9.17, 15) is 4.39 Å². The molecule has 0 radical (unpaired) electrons. The van der Waals surface area contributed by atoms with Gasteiger partial charge in [0.1, 0.15) is 5.83 Å². The number of hydrogen-bond acceptors (Lipinski definition) is 1. The SMILES string of the molecule is CC1=CC(O)CC=C1F. The van der Waals surface area contributed by atoms with Gasteiger partial charge >= 0.3 is 0 Å². The molecular weight excluding hydrogens is 119 g/mol. The number of rotatable bonds is 0. The van der Waals surface area contributed by atoms with Gasteiger partial charge in [-0.15, -0.1) is 0 Å². The summed E-state index contributed by atoms with van der Waals surface area (Å²) in [5.74, 6) is -0.208. The van der Waals surface area contributed by atoms with Crippen molar-refractivity contribution in [3.63, 3.8) is 0 Å². The van der Waals surface area contributed by atoms with Gasteiger partial charge in [0.25, 0.3) is 0 Å². The van der Waals surface area contributed by atoms with Crippen molar-refractivity contribution in [1.29, 1.82) is 0 Å². The molecule has 0 saturated carbocycles. The summed E-state index contributed by atoms with van der Waals surface area (Å²) in [7, 11) is 0. The molecule has 1 N–H and O–H groups in total. The van der Waals surface area contributed by atoms with Crippen LogP contribution in [0.3, 0.4) is 0 Å². The van der Waals surface area contributed by atoms with Crippen molar-refractivity contribution in [3.8, 4) is 0 Å². The van der Waals surface area contributed by atoms with Crippen LogP contribution in [0.1, 0.15) is 13.3 Å². The first-order valence-corrected chi connectivity index (χ1v) is 2.92. The Kier molecular flexibility index (Phi) is 1.67. The lowest BCUT2D eigenvalue weighted by molar-refractivity contribution is 0.222. The first kappa shape index (κ1) is 6.49. The minimum absolute atomic E-state index is 0.208. The minimum atomic E-state index is -0.482. The molecule has 0 spiro atoms. The molecular formula is C7H9FO. The zero-order chi connectivity index (χ0) is 6.85. The molecule has 1 nitrogen and oxygen atoms in total. The lowest BCUT2D eigenvalue weighted by Crippen LogP contribution is -2.05. The van der Waals surface area contributed by atoms with Crippen LogP contribution in [0.15, 0.2) is 23.6 Å². The van der Waals surface area contributed by atoms with Crippen LogP contribution in [-0.4, -0.2) is 11.2 Å². The molecule has 0 aromatic heterocycles. The quantitative estimate of drug-likeness (QED) is 0.524. The lowest BCUT2D eigenvalue weighted by atomic mass is 10.1. The third-order valence-electron chi connectivity index (χ3n) is 1.36. The van der Waals surface area contributed by atoms with E-state index in [0.29, 0.717) is 12.0 Å². The summed E-state index contributed by atoms with van der Waals surface area (Å²) in [5.41, 5.74) is 0.536. The maximum absolute atomic E-state index is 12.4. The Morgan fingerprint density at radius 2 is 2.44 bits per heavy atom. The van der Waals surface area contributed by atoms with Crippen LogP contribution in [0, 0.1) is 0 Å². The van der Waals surface area contributed by atoms with Gasteiger partial charge in [0.15, 0.2) is 0 Å². The van der Waals surface area contributed by atoms with Gasteiger partial charge in [-0.25, -0.2) is 4.39 Å². The maximum Gasteiger partial charge on any atom is 0.122 e. The second-order valence-electron chi connectivity index (χ2n) is 2.20. The van der Waals surface area contributed by atoms with Crippen molar-refractivity contribution in [2.75, 3.05) is 0 Å². The van der Waals surface area contributed by atoms with Gasteiger partial charge in [-0.05, 0) is 25.0 Å².